The van der Waals surface area contributed by atoms with Gasteiger partial charge in [-0.3, -0.25) is 4.79 Å². The van der Waals surface area contributed by atoms with E-state index in [0.717, 1.165) is 12.8 Å². The Labute approximate surface area is 186 Å². The van der Waals surface area contributed by atoms with E-state index < -0.39 is 5.97 Å². The molecule has 2 nitrogen and oxygen atoms in total. The Morgan fingerprint density at radius 2 is 0.893 bits per heavy atom. The number of hydrogen-bond donors (Lipinski definition) is 1. The maximum atomic E-state index is 10.4. The fraction of sp³-hybridized carbons (Fsp3) is 0.958. The average molecular weight is 437 g/mol. The Morgan fingerprint density at radius 3 is 1.25 bits per heavy atom. The van der Waals surface area contributed by atoms with Crippen molar-refractivity contribution >= 4 is 30.1 Å². The van der Waals surface area contributed by atoms with Gasteiger partial charge in [-0.05, 0) is 30.8 Å². The molecule has 0 unspecified atom stereocenters. The predicted octanol–water partition coefficient (Wildman–Crippen LogP) is 9.05. The molecule has 170 valence electrons. The predicted molar refractivity (Wildman–Crippen MR) is 130 cm³/mol. The van der Waals surface area contributed by atoms with E-state index in [4.69, 9.17) is 5.11 Å². The largest absolute Gasteiger partial charge is 0.481 e. The lowest BCUT2D eigenvalue weighted by molar-refractivity contribution is -0.137. The van der Waals surface area contributed by atoms with Gasteiger partial charge in [0.25, 0.3) is 0 Å². The number of carbonyl (C=O) groups is 1. The molecule has 0 heterocycles. The maximum Gasteiger partial charge on any atom is 0.303 e. The van der Waals surface area contributed by atoms with E-state index in [1.807, 2.05) is 0 Å². The van der Waals surface area contributed by atoms with Gasteiger partial charge in [0, 0.05) is 6.42 Å². The second-order valence-electron chi connectivity index (χ2n) is 8.12. The lowest BCUT2D eigenvalue weighted by Crippen LogP contribution is -1.94. The van der Waals surface area contributed by atoms with Crippen LogP contribution in [0.3, 0.4) is 0 Å². The molecule has 0 aromatic heterocycles. The molecule has 4 heteroatoms. The first-order valence-corrected chi connectivity index (χ1v) is 13.2. The van der Waals surface area contributed by atoms with Gasteiger partial charge >= 0.3 is 5.97 Å². The fourth-order valence-corrected chi connectivity index (χ4v) is 4.53. The molecule has 1 N–H and O–H groups in total. The summed E-state index contributed by atoms with van der Waals surface area (Å²) in [6, 6.07) is 0. The molecule has 0 spiro atoms. The van der Waals surface area contributed by atoms with Crippen LogP contribution < -0.4 is 0 Å². The monoisotopic (exact) mass is 436 g/mol. The van der Waals surface area contributed by atoms with E-state index in [-0.39, 0.29) is 12.4 Å². The van der Waals surface area contributed by atoms with E-state index in [9.17, 15) is 4.79 Å². The van der Waals surface area contributed by atoms with Gasteiger partial charge in [-0.25, -0.2) is 0 Å². The van der Waals surface area contributed by atoms with Crippen LogP contribution in [0.1, 0.15) is 135 Å². The van der Waals surface area contributed by atoms with E-state index >= 15 is 0 Å². The molecule has 0 saturated heterocycles. The van der Waals surface area contributed by atoms with Crippen molar-refractivity contribution in [3.63, 3.8) is 0 Å². The molecule has 0 fully saturated rings. The van der Waals surface area contributed by atoms with Crippen LogP contribution in [-0.4, -0.2) is 22.6 Å². The normalized spacial score (nSPS) is 10.8. The number of carboxylic acid groups (broad SMARTS) is 1. The lowest BCUT2D eigenvalue weighted by Gasteiger charge is -2.04. The number of aliphatic carboxylic acids is 1. The SMILES string of the molecule is CCCCCCCCCCCCCCCCCCSCCCCCC(=O)O.Cl. The molecule has 0 saturated carbocycles. The number of carboxylic acids is 1. The number of rotatable bonds is 23. The first kappa shape index (κ1) is 30.3. The van der Waals surface area contributed by atoms with Crippen LogP contribution in [0.25, 0.3) is 0 Å². The Hall–Kier alpha value is 0.110. The highest BCUT2D eigenvalue weighted by molar-refractivity contribution is 7.99. The molecule has 0 aliphatic heterocycles. The highest BCUT2D eigenvalue weighted by atomic mass is 35.5. The molecule has 0 atom stereocenters. The van der Waals surface area contributed by atoms with E-state index in [1.165, 1.54) is 121 Å². The lowest BCUT2D eigenvalue weighted by atomic mass is 10.0. The molecule has 28 heavy (non-hydrogen) atoms. The van der Waals surface area contributed by atoms with Crippen LogP contribution in [0, 0.1) is 0 Å². The molecule has 0 amide bonds. The number of unbranched alkanes of at least 4 members (excludes halogenated alkanes) is 17. The van der Waals surface area contributed by atoms with E-state index in [0.29, 0.717) is 6.42 Å². The fourth-order valence-electron chi connectivity index (χ4n) is 3.51. The zero-order valence-electron chi connectivity index (χ0n) is 18.7. The van der Waals surface area contributed by atoms with Crippen molar-refractivity contribution in [1.82, 2.24) is 0 Å². The summed E-state index contributed by atoms with van der Waals surface area (Å²) < 4.78 is 0. The third kappa shape index (κ3) is 28.3. The highest BCUT2D eigenvalue weighted by Crippen LogP contribution is 2.15. The van der Waals surface area contributed by atoms with Crippen molar-refractivity contribution in [3.05, 3.63) is 0 Å². The summed E-state index contributed by atoms with van der Waals surface area (Å²) in [6.07, 6.45) is 26.3. The molecule has 0 bridgehead atoms. The van der Waals surface area contributed by atoms with Crippen molar-refractivity contribution in [2.45, 2.75) is 135 Å². The summed E-state index contributed by atoms with van der Waals surface area (Å²) in [7, 11) is 0. The zero-order valence-corrected chi connectivity index (χ0v) is 20.4. The number of halogens is 1. The second kappa shape index (κ2) is 27.1. The van der Waals surface area contributed by atoms with Gasteiger partial charge < -0.3 is 5.11 Å². The summed E-state index contributed by atoms with van der Waals surface area (Å²) >= 11 is 2.05. The average Bonchev–Trinajstić information content (AvgIpc) is 2.65. The van der Waals surface area contributed by atoms with Crippen LogP contribution in [0.15, 0.2) is 0 Å². The van der Waals surface area contributed by atoms with Gasteiger partial charge in [0.2, 0.25) is 0 Å². The Bertz CT molecular complexity index is 300. The first-order chi connectivity index (χ1) is 13.3. The minimum absolute atomic E-state index is 0. The van der Waals surface area contributed by atoms with Crippen molar-refractivity contribution in [2.24, 2.45) is 0 Å². The van der Waals surface area contributed by atoms with Crippen LogP contribution in [0.5, 0.6) is 0 Å². The van der Waals surface area contributed by atoms with Crippen molar-refractivity contribution < 1.29 is 9.90 Å². The van der Waals surface area contributed by atoms with E-state index in [2.05, 4.69) is 18.7 Å². The van der Waals surface area contributed by atoms with Crippen LogP contribution in [0.2, 0.25) is 0 Å². The molecule has 0 aromatic carbocycles. The first-order valence-electron chi connectivity index (χ1n) is 12.1. The molecule has 0 aromatic rings. The van der Waals surface area contributed by atoms with E-state index in [1.54, 1.807) is 0 Å². The summed E-state index contributed by atoms with van der Waals surface area (Å²) in [5.41, 5.74) is 0. The van der Waals surface area contributed by atoms with Crippen molar-refractivity contribution in [2.75, 3.05) is 11.5 Å². The molecular weight excluding hydrogens is 388 g/mol. The smallest absolute Gasteiger partial charge is 0.303 e. The van der Waals surface area contributed by atoms with Gasteiger partial charge in [-0.1, -0.05) is 110 Å². The maximum absolute atomic E-state index is 10.4. The van der Waals surface area contributed by atoms with Gasteiger partial charge in [0.15, 0.2) is 0 Å². The molecule has 0 aliphatic rings. The summed E-state index contributed by atoms with van der Waals surface area (Å²) in [6.45, 7) is 2.29. The minimum Gasteiger partial charge on any atom is -0.481 e. The zero-order chi connectivity index (χ0) is 19.8. The minimum atomic E-state index is -0.657. The standard InChI is InChI=1S/C24H48O2S.ClH/c1-2-3-4-5-6-7-8-9-10-11-12-13-14-15-16-19-22-27-23-20-17-18-21-24(25)26;/h2-23H2,1H3,(H,25,26);1H. The summed E-state index contributed by atoms with van der Waals surface area (Å²) in [5, 5.41) is 8.57. The Kier molecular flexibility index (Phi) is 29.3. The molecule has 0 radical (unpaired) electrons. The quantitative estimate of drug-likeness (QED) is 0.162. The van der Waals surface area contributed by atoms with Crippen molar-refractivity contribution in [1.29, 1.82) is 0 Å². The van der Waals surface area contributed by atoms with Crippen LogP contribution >= 0.6 is 24.2 Å². The Morgan fingerprint density at radius 1 is 0.571 bits per heavy atom. The van der Waals surface area contributed by atoms with Crippen LogP contribution in [-0.2, 0) is 4.79 Å². The van der Waals surface area contributed by atoms with Crippen LogP contribution in [0.4, 0.5) is 0 Å². The number of thioether (sulfide) groups is 1. The second-order valence-corrected chi connectivity index (χ2v) is 9.34. The van der Waals surface area contributed by atoms with Gasteiger partial charge in [-0.15, -0.1) is 12.4 Å². The summed E-state index contributed by atoms with van der Waals surface area (Å²) in [4.78, 5) is 10.4. The third-order valence-electron chi connectivity index (χ3n) is 5.32. The van der Waals surface area contributed by atoms with Gasteiger partial charge in [-0.2, -0.15) is 11.8 Å². The summed E-state index contributed by atoms with van der Waals surface area (Å²) in [5.74, 6) is 1.84. The molecule has 0 aliphatic carbocycles. The molecule has 0 rings (SSSR count). The molecular formula is C24H49ClO2S. The van der Waals surface area contributed by atoms with Gasteiger partial charge in [0.1, 0.15) is 0 Å². The topological polar surface area (TPSA) is 37.3 Å². The Balaban J connectivity index is 0. The third-order valence-corrected chi connectivity index (χ3v) is 6.48. The highest BCUT2D eigenvalue weighted by Gasteiger charge is 1.97. The number of hydrogen-bond acceptors (Lipinski definition) is 2. The van der Waals surface area contributed by atoms with Crippen molar-refractivity contribution in [3.8, 4) is 0 Å². The van der Waals surface area contributed by atoms with Gasteiger partial charge in [0.05, 0.1) is 0 Å².